The van der Waals surface area contributed by atoms with Crippen LogP contribution in [-0.4, -0.2) is 35.6 Å². The number of hydrazone groups is 1. The Bertz CT molecular complexity index is 1070. The second-order valence-electron chi connectivity index (χ2n) is 7.74. The first-order valence-corrected chi connectivity index (χ1v) is 10.0. The van der Waals surface area contributed by atoms with Crippen LogP contribution in [0.25, 0.3) is 11.3 Å². The number of carbonyl (C=O) groups is 3. The summed E-state index contributed by atoms with van der Waals surface area (Å²) >= 11 is 0. The van der Waals surface area contributed by atoms with Crippen molar-refractivity contribution >= 4 is 24.0 Å². The van der Waals surface area contributed by atoms with E-state index in [0.29, 0.717) is 29.3 Å². The van der Waals surface area contributed by atoms with E-state index in [1.54, 1.807) is 37.3 Å². The van der Waals surface area contributed by atoms with Gasteiger partial charge in [0, 0.05) is 5.56 Å². The molecule has 1 aliphatic heterocycles. The van der Waals surface area contributed by atoms with Crippen LogP contribution in [-0.2, 0) is 14.3 Å². The molecule has 152 valence electrons. The highest BCUT2D eigenvalue weighted by molar-refractivity contribution is 6.06. The predicted octanol–water partition coefficient (Wildman–Crippen LogP) is 3.26. The normalized spacial score (nSPS) is 26.8. The summed E-state index contributed by atoms with van der Waals surface area (Å²) in [6, 6.07) is 10.4. The van der Waals surface area contributed by atoms with E-state index in [0.717, 1.165) is 11.4 Å². The highest BCUT2D eigenvalue weighted by Crippen LogP contribution is 2.52. The van der Waals surface area contributed by atoms with Gasteiger partial charge in [0.25, 0.3) is 11.8 Å². The van der Waals surface area contributed by atoms with Crippen molar-refractivity contribution in [2.45, 2.75) is 13.3 Å². The van der Waals surface area contributed by atoms with Crippen molar-refractivity contribution in [3.8, 4) is 11.3 Å². The summed E-state index contributed by atoms with van der Waals surface area (Å²) in [5, 5.41) is 5.12. The summed E-state index contributed by atoms with van der Waals surface area (Å²) in [5.74, 6) is -0.153. The van der Waals surface area contributed by atoms with Gasteiger partial charge in [-0.2, -0.15) is 10.1 Å². The maximum absolute atomic E-state index is 12.7. The minimum absolute atomic E-state index is 0.151. The molecular formula is C23H20N2O5. The van der Waals surface area contributed by atoms with Crippen molar-refractivity contribution < 1.29 is 23.5 Å². The van der Waals surface area contributed by atoms with E-state index in [2.05, 4.69) is 5.10 Å². The number of amides is 2. The molecule has 3 aliphatic rings. The van der Waals surface area contributed by atoms with Gasteiger partial charge in [0.1, 0.15) is 11.5 Å². The van der Waals surface area contributed by atoms with Crippen LogP contribution >= 0.6 is 0 Å². The van der Waals surface area contributed by atoms with Crippen LogP contribution in [0.4, 0.5) is 0 Å². The SMILES string of the molecule is CCOC(=O)c1cccc(-c2ccc(C=NN3C(=O)C4C5C=CC(C5)C4C3=O)o2)c1. The number of imide groups is 1. The summed E-state index contributed by atoms with van der Waals surface area (Å²) < 4.78 is 10.8. The fraction of sp³-hybridized carbons (Fsp3) is 0.304. The molecule has 0 N–H and O–H groups in total. The van der Waals surface area contributed by atoms with Crippen molar-refractivity contribution in [1.82, 2.24) is 5.01 Å². The van der Waals surface area contributed by atoms with Crippen molar-refractivity contribution in [3.05, 3.63) is 59.9 Å². The average Bonchev–Trinajstić information content (AvgIpc) is 3.52. The third-order valence-corrected chi connectivity index (χ3v) is 6.03. The van der Waals surface area contributed by atoms with Crippen LogP contribution < -0.4 is 0 Å². The zero-order chi connectivity index (χ0) is 20.8. The quantitative estimate of drug-likeness (QED) is 0.330. The molecule has 5 rings (SSSR count). The van der Waals surface area contributed by atoms with Crippen molar-refractivity contribution in [3.63, 3.8) is 0 Å². The Kier molecular flexibility index (Phi) is 4.38. The van der Waals surface area contributed by atoms with Crippen molar-refractivity contribution in [1.29, 1.82) is 0 Å². The Hall–Kier alpha value is -3.48. The first kappa shape index (κ1) is 18.5. The van der Waals surface area contributed by atoms with E-state index in [1.807, 2.05) is 18.2 Å². The number of benzene rings is 1. The zero-order valence-corrected chi connectivity index (χ0v) is 16.4. The molecule has 2 fully saturated rings. The van der Waals surface area contributed by atoms with Crippen LogP contribution in [0.3, 0.4) is 0 Å². The summed E-state index contributed by atoms with van der Waals surface area (Å²) in [7, 11) is 0. The monoisotopic (exact) mass is 404 g/mol. The van der Waals surface area contributed by atoms with Gasteiger partial charge in [-0.05, 0) is 49.4 Å². The number of nitrogens with zero attached hydrogens (tertiary/aromatic N) is 2. The molecule has 1 saturated carbocycles. The number of carbonyl (C=O) groups excluding carboxylic acids is 3. The molecule has 2 amide bonds. The molecule has 1 aromatic carbocycles. The molecule has 4 atom stereocenters. The Balaban J connectivity index is 1.33. The number of fused-ring (bicyclic) bond motifs is 5. The number of ether oxygens (including phenoxy) is 1. The topological polar surface area (TPSA) is 89.2 Å². The summed E-state index contributed by atoms with van der Waals surface area (Å²) in [6.07, 6.45) is 6.36. The van der Waals surface area contributed by atoms with Crippen LogP contribution in [0, 0.1) is 23.7 Å². The number of rotatable bonds is 5. The lowest BCUT2D eigenvalue weighted by atomic mass is 9.85. The Morgan fingerprint density at radius 3 is 2.60 bits per heavy atom. The number of esters is 1. The molecular weight excluding hydrogens is 384 g/mol. The van der Waals surface area contributed by atoms with Gasteiger partial charge in [-0.25, -0.2) is 4.79 Å². The largest absolute Gasteiger partial charge is 0.462 e. The van der Waals surface area contributed by atoms with Gasteiger partial charge < -0.3 is 9.15 Å². The smallest absolute Gasteiger partial charge is 0.338 e. The lowest BCUT2D eigenvalue weighted by molar-refractivity contribution is -0.140. The van der Waals surface area contributed by atoms with Crippen LogP contribution in [0.15, 0.2) is 58.1 Å². The van der Waals surface area contributed by atoms with Crippen molar-refractivity contribution in [2.75, 3.05) is 6.61 Å². The van der Waals surface area contributed by atoms with Gasteiger partial charge in [-0.1, -0.05) is 24.3 Å². The van der Waals surface area contributed by atoms with Gasteiger partial charge in [0.2, 0.25) is 0 Å². The van der Waals surface area contributed by atoms with E-state index < -0.39 is 5.97 Å². The van der Waals surface area contributed by atoms with Crippen LogP contribution in [0.1, 0.15) is 29.5 Å². The average molecular weight is 404 g/mol. The van der Waals surface area contributed by atoms with E-state index in [1.165, 1.54) is 6.21 Å². The van der Waals surface area contributed by atoms with Gasteiger partial charge in [-0.3, -0.25) is 9.59 Å². The van der Waals surface area contributed by atoms with Crippen LogP contribution in [0.5, 0.6) is 0 Å². The number of allylic oxidation sites excluding steroid dienone is 2. The van der Waals surface area contributed by atoms with E-state index >= 15 is 0 Å². The van der Waals surface area contributed by atoms with Gasteiger partial charge in [0.05, 0.1) is 30.2 Å². The second-order valence-corrected chi connectivity index (χ2v) is 7.74. The highest BCUT2D eigenvalue weighted by atomic mass is 16.5. The number of hydrogen-bond acceptors (Lipinski definition) is 6. The molecule has 0 spiro atoms. The standard InChI is InChI=1S/C23H20N2O5/c1-2-29-23(28)16-5-3-4-13(10-16)18-9-8-17(30-18)12-24-25-21(26)19-14-6-7-15(11-14)20(19)22(25)27/h3-10,12,14-15,19-20H,2,11H2,1H3. The minimum atomic E-state index is -0.396. The number of furan rings is 1. The first-order valence-electron chi connectivity index (χ1n) is 10.0. The minimum Gasteiger partial charge on any atom is -0.462 e. The highest BCUT2D eigenvalue weighted by Gasteiger charge is 2.59. The fourth-order valence-corrected chi connectivity index (χ4v) is 4.71. The molecule has 2 heterocycles. The van der Waals surface area contributed by atoms with E-state index in [4.69, 9.17) is 9.15 Å². The zero-order valence-electron chi connectivity index (χ0n) is 16.4. The molecule has 7 heteroatoms. The van der Waals surface area contributed by atoms with Gasteiger partial charge in [0.15, 0.2) is 0 Å². The third-order valence-electron chi connectivity index (χ3n) is 6.03. The molecule has 0 radical (unpaired) electrons. The van der Waals surface area contributed by atoms with E-state index in [-0.39, 0.29) is 35.5 Å². The maximum atomic E-state index is 12.7. The molecule has 4 unspecified atom stereocenters. The Morgan fingerprint density at radius 1 is 1.17 bits per heavy atom. The predicted molar refractivity (Wildman–Crippen MR) is 107 cm³/mol. The molecule has 7 nitrogen and oxygen atoms in total. The van der Waals surface area contributed by atoms with Crippen molar-refractivity contribution in [2.24, 2.45) is 28.8 Å². The fourth-order valence-electron chi connectivity index (χ4n) is 4.71. The second kappa shape index (κ2) is 7.09. The Labute approximate surface area is 173 Å². The first-order chi connectivity index (χ1) is 14.6. The number of hydrogen-bond donors (Lipinski definition) is 0. The lowest BCUT2D eigenvalue weighted by Crippen LogP contribution is -2.28. The molecule has 2 bridgehead atoms. The molecule has 1 aromatic heterocycles. The molecule has 2 aromatic rings. The van der Waals surface area contributed by atoms with Crippen LogP contribution in [0.2, 0.25) is 0 Å². The summed E-state index contributed by atoms with van der Waals surface area (Å²) in [6.45, 7) is 2.06. The van der Waals surface area contributed by atoms with E-state index in [9.17, 15) is 14.4 Å². The Morgan fingerprint density at radius 2 is 1.90 bits per heavy atom. The molecule has 1 saturated heterocycles. The molecule has 30 heavy (non-hydrogen) atoms. The third kappa shape index (κ3) is 2.89. The van der Waals surface area contributed by atoms with Gasteiger partial charge in [-0.15, -0.1) is 0 Å². The van der Waals surface area contributed by atoms with Gasteiger partial charge >= 0.3 is 5.97 Å². The molecule has 2 aliphatic carbocycles. The summed E-state index contributed by atoms with van der Waals surface area (Å²) in [5.41, 5.74) is 1.15. The lowest BCUT2D eigenvalue weighted by Gasteiger charge is -2.13. The maximum Gasteiger partial charge on any atom is 0.338 e. The summed E-state index contributed by atoms with van der Waals surface area (Å²) in [4.78, 5) is 37.3.